The number of pyridine rings is 2. The minimum atomic E-state index is 0.583. The lowest BCUT2D eigenvalue weighted by Gasteiger charge is -2.27. The second-order valence-corrected chi connectivity index (χ2v) is 10.3. The van der Waals surface area contributed by atoms with E-state index in [0.29, 0.717) is 5.92 Å². The summed E-state index contributed by atoms with van der Waals surface area (Å²) in [5.41, 5.74) is 11.8. The first-order valence-electron chi connectivity index (χ1n) is 10.3. The zero-order valence-corrected chi connectivity index (χ0v) is 18.9. The van der Waals surface area contributed by atoms with Gasteiger partial charge in [0, 0.05) is 36.6 Å². The number of aromatic amines is 1. The summed E-state index contributed by atoms with van der Waals surface area (Å²) in [5.74, 6) is 1.58. The Hall–Kier alpha value is -2.16. The van der Waals surface area contributed by atoms with Crippen molar-refractivity contribution in [3.63, 3.8) is 0 Å². The topological polar surface area (TPSA) is 80.7 Å². The molecule has 1 saturated carbocycles. The van der Waals surface area contributed by atoms with E-state index in [2.05, 4.69) is 28.4 Å². The molecule has 4 aromatic rings. The van der Waals surface area contributed by atoms with Crippen molar-refractivity contribution in [3.8, 4) is 11.3 Å². The highest BCUT2D eigenvalue weighted by molar-refractivity contribution is 8.01. The van der Waals surface area contributed by atoms with Gasteiger partial charge in [0.05, 0.1) is 21.0 Å². The van der Waals surface area contributed by atoms with Gasteiger partial charge in [-0.1, -0.05) is 6.42 Å². The average molecular weight is 441 g/mol. The van der Waals surface area contributed by atoms with Crippen LogP contribution in [0.5, 0.6) is 0 Å². The number of ether oxygens (including phenoxy) is 1. The standard InChI is InChI=1S/C22H25N5OS2/c1-27-12-15-9-14(11-24-20(15)26-27)17-10-16(13-5-3-6-13)18-19(23)22(30-21(18)25-17)29-8-4-7-28-2/h9-13H,3-8,23H2,1-2H3/p+1. The largest absolute Gasteiger partial charge is 0.397 e. The highest BCUT2D eigenvalue weighted by Gasteiger charge is 2.26. The molecule has 0 spiro atoms. The molecule has 1 fully saturated rings. The number of aryl methyl sites for hydroxylation is 1. The van der Waals surface area contributed by atoms with Crippen LogP contribution in [0.1, 0.15) is 37.2 Å². The highest BCUT2D eigenvalue weighted by atomic mass is 32.2. The maximum Gasteiger partial charge on any atom is 0.204 e. The van der Waals surface area contributed by atoms with Crippen molar-refractivity contribution >= 4 is 50.0 Å². The van der Waals surface area contributed by atoms with Crippen molar-refractivity contribution < 1.29 is 9.42 Å². The first-order valence-corrected chi connectivity index (χ1v) is 12.1. The summed E-state index contributed by atoms with van der Waals surface area (Å²) in [6, 6.07) is 4.42. The second-order valence-electron chi connectivity index (χ2n) is 7.92. The van der Waals surface area contributed by atoms with Crippen LogP contribution in [0.25, 0.3) is 32.5 Å². The Morgan fingerprint density at radius 3 is 3.00 bits per heavy atom. The maximum absolute atomic E-state index is 6.64. The molecule has 0 aromatic carbocycles. The quantitative estimate of drug-likeness (QED) is 0.249. The summed E-state index contributed by atoms with van der Waals surface area (Å²) < 4.78 is 8.28. The zero-order valence-electron chi connectivity index (χ0n) is 17.3. The number of methoxy groups -OCH3 is 1. The number of anilines is 1. The van der Waals surface area contributed by atoms with E-state index in [1.165, 1.54) is 34.4 Å². The van der Waals surface area contributed by atoms with Gasteiger partial charge in [-0.05, 0) is 42.9 Å². The number of hydrogen-bond donors (Lipinski definition) is 2. The van der Waals surface area contributed by atoms with Gasteiger partial charge in [-0.3, -0.25) is 0 Å². The van der Waals surface area contributed by atoms with E-state index < -0.39 is 0 Å². The molecule has 0 aliphatic heterocycles. The van der Waals surface area contributed by atoms with E-state index in [-0.39, 0.29) is 0 Å². The molecule has 3 N–H and O–H groups in total. The fourth-order valence-electron chi connectivity index (χ4n) is 4.02. The Labute approximate surface area is 183 Å². The monoisotopic (exact) mass is 440 g/mol. The average Bonchev–Trinajstić information content (AvgIpc) is 3.22. The molecule has 0 amide bonds. The van der Waals surface area contributed by atoms with E-state index >= 15 is 0 Å². The lowest BCUT2D eigenvalue weighted by molar-refractivity contribution is -0.724. The molecule has 1 aliphatic carbocycles. The van der Waals surface area contributed by atoms with Crippen LogP contribution in [0.4, 0.5) is 5.69 Å². The fraction of sp³-hybridized carbons (Fsp3) is 0.409. The third kappa shape index (κ3) is 3.57. The Morgan fingerprint density at radius 2 is 2.23 bits per heavy atom. The number of thioether (sulfide) groups is 1. The lowest BCUT2D eigenvalue weighted by Crippen LogP contribution is -2.28. The molecule has 6 nitrogen and oxygen atoms in total. The first kappa shape index (κ1) is 19.8. The van der Waals surface area contributed by atoms with E-state index in [0.717, 1.165) is 51.6 Å². The number of nitrogens with one attached hydrogen (secondary N) is 1. The fourth-order valence-corrected chi connectivity index (χ4v) is 6.31. The van der Waals surface area contributed by atoms with E-state index in [1.807, 2.05) is 29.7 Å². The van der Waals surface area contributed by atoms with Crippen LogP contribution < -0.4 is 10.4 Å². The van der Waals surface area contributed by atoms with Crippen LogP contribution in [-0.2, 0) is 11.8 Å². The number of H-pyrrole nitrogens is 1. The van der Waals surface area contributed by atoms with Crippen molar-refractivity contribution in [2.24, 2.45) is 7.05 Å². The molecule has 0 saturated heterocycles. The Bertz CT molecular complexity index is 1210. The minimum Gasteiger partial charge on any atom is -0.397 e. The normalized spacial score (nSPS) is 14.6. The van der Waals surface area contributed by atoms with E-state index in [4.69, 9.17) is 15.5 Å². The Morgan fingerprint density at radius 1 is 1.37 bits per heavy atom. The van der Waals surface area contributed by atoms with Gasteiger partial charge >= 0.3 is 0 Å². The summed E-state index contributed by atoms with van der Waals surface area (Å²) in [5, 5.41) is 5.47. The number of fused-ring (bicyclic) bond motifs is 2. The molecule has 30 heavy (non-hydrogen) atoms. The van der Waals surface area contributed by atoms with Crippen LogP contribution >= 0.6 is 23.1 Å². The summed E-state index contributed by atoms with van der Waals surface area (Å²) in [6.45, 7) is 0.778. The van der Waals surface area contributed by atoms with Crippen LogP contribution in [-0.4, -0.2) is 34.5 Å². The predicted molar refractivity (Wildman–Crippen MR) is 124 cm³/mol. The van der Waals surface area contributed by atoms with Crippen molar-refractivity contribution in [1.29, 1.82) is 0 Å². The molecular formula is C22H26N5OS2+. The third-order valence-corrected chi connectivity index (χ3v) is 8.27. The van der Waals surface area contributed by atoms with E-state index in [1.54, 1.807) is 18.4 Å². The van der Waals surface area contributed by atoms with Crippen LogP contribution in [0, 0.1) is 0 Å². The Kier molecular flexibility index (Phi) is 5.39. The van der Waals surface area contributed by atoms with Crippen molar-refractivity contribution in [3.05, 3.63) is 30.1 Å². The number of nitrogens with two attached hydrogens (primary N) is 1. The molecule has 1 aliphatic rings. The maximum atomic E-state index is 6.64. The van der Waals surface area contributed by atoms with Crippen molar-refractivity contribution in [2.45, 2.75) is 35.8 Å². The van der Waals surface area contributed by atoms with Crippen LogP contribution in [0.3, 0.4) is 0 Å². The minimum absolute atomic E-state index is 0.583. The van der Waals surface area contributed by atoms with Gasteiger partial charge in [0.1, 0.15) is 4.83 Å². The molecule has 156 valence electrons. The SMILES string of the molecule is COCCCSc1sc2nc(-c3cnc4[nH][n+](C)cc4c3)cc(C3CCC3)c2c1N. The van der Waals surface area contributed by atoms with Gasteiger partial charge in [0.25, 0.3) is 0 Å². The number of rotatable bonds is 7. The molecule has 4 heterocycles. The number of thiophene rings is 1. The molecule has 8 heteroatoms. The van der Waals surface area contributed by atoms with Crippen LogP contribution in [0.2, 0.25) is 0 Å². The summed E-state index contributed by atoms with van der Waals surface area (Å²) in [6.07, 6.45) is 8.73. The van der Waals surface area contributed by atoms with Gasteiger partial charge in [-0.2, -0.15) is 0 Å². The molecule has 4 aromatic heterocycles. The molecule has 0 bridgehead atoms. The third-order valence-electron chi connectivity index (χ3n) is 5.79. The smallest absolute Gasteiger partial charge is 0.204 e. The number of nitrogen functional groups attached to an aromatic ring is 1. The zero-order chi connectivity index (χ0) is 20.7. The Balaban J connectivity index is 1.58. The first-order chi connectivity index (χ1) is 14.6. The van der Waals surface area contributed by atoms with Gasteiger partial charge in [-0.15, -0.1) is 32.9 Å². The van der Waals surface area contributed by atoms with Crippen molar-refractivity contribution in [2.75, 3.05) is 25.2 Å². The number of aromatic nitrogens is 4. The predicted octanol–water partition coefficient (Wildman–Crippen LogP) is 4.64. The number of nitrogens with zero attached hydrogens (tertiary/aromatic N) is 3. The van der Waals surface area contributed by atoms with Gasteiger partial charge < -0.3 is 10.5 Å². The summed E-state index contributed by atoms with van der Waals surface area (Å²) in [7, 11) is 3.72. The second kappa shape index (κ2) is 8.17. The molecule has 5 rings (SSSR count). The van der Waals surface area contributed by atoms with Gasteiger partial charge in [0.15, 0.2) is 12.7 Å². The highest BCUT2D eigenvalue weighted by Crippen LogP contribution is 2.47. The molecule has 0 atom stereocenters. The lowest BCUT2D eigenvalue weighted by atomic mass is 9.79. The summed E-state index contributed by atoms with van der Waals surface area (Å²) >= 11 is 3.54. The molecular weight excluding hydrogens is 414 g/mol. The molecule has 0 unspecified atom stereocenters. The van der Waals surface area contributed by atoms with E-state index in [9.17, 15) is 0 Å². The van der Waals surface area contributed by atoms with Crippen LogP contribution in [0.15, 0.2) is 28.7 Å². The number of hydrogen-bond acceptors (Lipinski definition) is 6. The van der Waals surface area contributed by atoms with Crippen molar-refractivity contribution in [1.82, 2.24) is 15.1 Å². The molecule has 0 radical (unpaired) electrons. The van der Waals surface area contributed by atoms with Gasteiger partial charge in [-0.25, -0.2) is 9.97 Å². The summed E-state index contributed by atoms with van der Waals surface area (Å²) in [4.78, 5) is 10.7. The van der Waals surface area contributed by atoms with Gasteiger partial charge in [0.2, 0.25) is 6.20 Å².